The van der Waals surface area contributed by atoms with Crippen LogP contribution in [0.4, 0.5) is 0 Å². The third-order valence-corrected chi connectivity index (χ3v) is 5.18. The van der Waals surface area contributed by atoms with Gasteiger partial charge in [-0.15, -0.1) is 11.3 Å². The molecular weight excluding hydrogens is 228 g/mol. The van der Waals surface area contributed by atoms with Crippen LogP contribution in [0.5, 0.6) is 0 Å². The Morgan fingerprint density at radius 1 is 1.29 bits per heavy atom. The van der Waals surface area contributed by atoms with Crippen molar-refractivity contribution in [2.75, 3.05) is 0 Å². The number of thiazole rings is 1. The minimum Gasteiger partial charge on any atom is -0.264 e. The molecule has 0 spiro atoms. The molecule has 0 amide bonds. The number of rotatable bonds is 1. The summed E-state index contributed by atoms with van der Waals surface area (Å²) in [7, 11) is 0. The summed E-state index contributed by atoms with van der Waals surface area (Å²) in [5.74, 6) is 1.69. The predicted octanol–water partition coefficient (Wildman–Crippen LogP) is 3.64. The van der Waals surface area contributed by atoms with Gasteiger partial charge in [0.25, 0.3) is 0 Å². The summed E-state index contributed by atoms with van der Waals surface area (Å²) in [6, 6.07) is 4.09. The Bertz CT molecular complexity index is 547. The van der Waals surface area contributed by atoms with Gasteiger partial charge in [-0.3, -0.25) is 4.98 Å². The Kier molecular flexibility index (Phi) is 2.09. The Balaban J connectivity index is 1.79. The van der Waals surface area contributed by atoms with Gasteiger partial charge in [0.15, 0.2) is 0 Å². The van der Waals surface area contributed by atoms with E-state index in [1.54, 1.807) is 4.88 Å². The van der Waals surface area contributed by atoms with Gasteiger partial charge in [-0.25, -0.2) is 4.98 Å². The van der Waals surface area contributed by atoms with Crippen molar-refractivity contribution in [1.82, 2.24) is 9.97 Å². The zero-order valence-electron chi connectivity index (χ0n) is 9.60. The van der Waals surface area contributed by atoms with E-state index in [1.165, 1.54) is 36.9 Å². The van der Waals surface area contributed by atoms with Crippen LogP contribution in [-0.4, -0.2) is 9.97 Å². The maximum atomic E-state index is 4.88. The van der Waals surface area contributed by atoms with Crippen LogP contribution in [0.15, 0.2) is 24.5 Å². The van der Waals surface area contributed by atoms with Gasteiger partial charge in [0.1, 0.15) is 5.01 Å². The maximum absolute atomic E-state index is 4.88. The zero-order valence-corrected chi connectivity index (χ0v) is 10.4. The fourth-order valence-electron chi connectivity index (χ4n) is 3.21. The first-order chi connectivity index (χ1) is 8.40. The van der Waals surface area contributed by atoms with E-state index >= 15 is 0 Å². The quantitative estimate of drug-likeness (QED) is 0.763. The molecule has 0 N–H and O–H groups in total. The highest BCUT2D eigenvalue weighted by atomic mass is 32.1. The molecule has 2 unspecified atom stereocenters. The van der Waals surface area contributed by atoms with Crippen molar-refractivity contribution in [3.05, 3.63) is 35.1 Å². The summed E-state index contributed by atoms with van der Waals surface area (Å²) >= 11 is 1.88. The van der Waals surface area contributed by atoms with Crippen molar-refractivity contribution < 1.29 is 0 Å². The Labute approximate surface area is 105 Å². The molecule has 86 valence electrons. The molecule has 2 atom stereocenters. The van der Waals surface area contributed by atoms with Crippen LogP contribution in [0, 0.1) is 5.92 Å². The molecule has 0 radical (unpaired) electrons. The lowest BCUT2D eigenvalue weighted by Gasteiger charge is -2.16. The Hall–Kier alpha value is -1.22. The number of nitrogens with zero attached hydrogens (tertiary/aromatic N) is 2. The van der Waals surface area contributed by atoms with Crippen LogP contribution in [0.1, 0.15) is 35.8 Å². The van der Waals surface area contributed by atoms with Crippen LogP contribution in [0.2, 0.25) is 0 Å². The average Bonchev–Trinajstić information content (AvgIpc) is 2.97. The molecule has 2 aromatic rings. The highest BCUT2D eigenvalue weighted by Crippen LogP contribution is 2.48. The Morgan fingerprint density at radius 2 is 2.29 bits per heavy atom. The fourth-order valence-corrected chi connectivity index (χ4v) is 4.46. The number of pyridine rings is 1. The van der Waals surface area contributed by atoms with Gasteiger partial charge in [-0.2, -0.15) is 0 Å². The lowest BCUT2D eigenvalue weighted by atomic mass is 9.91. The van der Waals surface area contributed by atoms with Crippen molar-refractivity contribution in [3.8, 4) is 10.6 Å². The number of aromatic nitrogens is 2. The smallest absolute Gasteiger partial charge is 0.125 e. The standard InChI is InChI=1S/C14H14N2S/c1-2-11(8-15-5-1)14-16-13-10-4-3-9(6-10)7-12(13)17-14/h1-2,5,8-10H,3-4,6-7H2. The van der Waals surface area contributed by atoms with E-state index in [4.69, 9.17) is 4.98 Å². The van der Waals surface area contributed by atoms with E-state index < -0.39 is 0 Å². The van der Waals surface area contributed by atoms with E-state index in [2.05, 4.69) is 11.1 Å². The summed E-state index contributed by atoms with van der Waals surface area (Å²) in [4.78, 5) is 10.6. The van der Waals surface area contributed by atoms with E-state index in [-0.39, 0.29) is 0 Å². The van der Waals surface area contributed by atoms with Crippen LogP contribution < -0.4 is 0 Å². The maximum Gasteiger partial charge on any atom is 0.125 e. The first-order valence-corrected chi connectivity index (χ1v) is 7.12. The molecule has 17 heavy (non-hydrogen) atoms. The van der Waals surface area contributed by atoms with Crippen molar-refractivity contribution in [3.63, 3.8) is 0 Å². The molecule has 2 aliphatic rings. The molecular formula is C14H14N2S. The highest BCUT2D eigenvalue weighted by Gasteiger charge is 2.35. The fraction of sp³-hybridized carbons (Fsp3) is 0.429. The van der Waals surface area contributed by atoms with Gasteiger partial charge < -0.3 is 0 Å². The molecule has 0 saturated heterocycles. The van der Waals surface area contributed by atoms with Gasteiger partial charge in [-0.1, -0.05) is 0 Å². The molecule has 0 aromatic carbocycles. The molecule has 2 aliphatic carbocycles. The second-order valence-electron chi connectivity index (χ2n) is 5.15. The van der Waals surface area contributed by atoms with Crippen LogP contribution >= 0.6 is 11.3 Å². The summed E-state index contributed by atoms with van der Waals surface area (Å²) < 4.78 is 0. The van der Waals surface area contributed by atoms with Crippen LogP contribution in [-0.2, 0) is 6.42 Å². The second kappa shape index (κ2) is 3.64. The largest absolute Gasteiger partial charge is 0.264 e. The van der Waals surface area contributed by atoms with E-state index in [0.717, 1.165) is 16.8 Å². The van der Waals surface area contributed by atoms with E-state index in [9.17, 15) is 0 Å². The zero-order chi connectivity index (χ0) is 11.2. The van der Waals surface area contributed by atoms with E-state index in [0.29, 0.717) is 0 Å². The summed E-state index contributed by atoms with van der Waals surface area (Å²) in [5.41, 5.74) is 2.57. The van der Waals surface area contributed by atoms with Gasteiger partial charge in [0, 0.05) is 28.8 Å². The molecule has 2 heterocycles. The lowest BCUT2D eigenvalue weighted by Crippen LogP contribution is -2.08. The molecule has 4 rings (SSSR count). The molecule has 2 aromatic heterocycles. The second-order valence-corrected chi connectivity index (χ2v) is 6.23. The number of hydrogen-bond donors (Lipinski definition) is 0. The molecule has 2 nitrogen and oxygen atoms in total. The predicted molar refractivity (Wildman–Crippen MR) is 69.1 cm³/mol. The molecule has 1 fully saturated rings. The van der Waals surface area contributed by atoms with Crippen LogP contribution in [0.25, 0.3) is 10.6 Å². The lowest BCUT2D eigenvalue weighted by molar-refractivity contribution is 0.511. The van der Waals surface area contributed by atoms with E-state index in [1.807, 2.05) is 29.8 Å². The molecule has 3 heteroatoms. The topological polar surface area (TPSA) is 25.8 Å². The molecule has 0 aliphatic heterocycles. The monoisotopic (exact) mass is 242 g/mol. The van der Waals surface area contributed by atoms with Crippen molar-refractivity contribution in [1.29, 1.82) is 0 Å². The summed E-state index contributed by atoms with van der Waals surface area (Å²) in [6.07, 6.45) is 9.15. The third kappa shape index (κ3) is 1.53. The van der Waals surface area contributed by atoms with Crippen molar-refractivity contribution in [2.45, 2.75) is 31.6 Å². The van der Waals surface area contributed by atoms with Crippen molar-refractivity contribution >= 4 is 11.3 Å². The third-order valence-electron chi connectivity index (χ3n) is 4.04. The van der Waals surface area contributed by atoms with Crippen LogP contribution in [0.3, 0.4) is 0 Å². The normalized spacial score (nSPS) is 25.9. The minimum absolute atomic E-state index is 0.755. The first-order valence-electron chi connectivity index (χ1n) is 6.30. The molecule has 2 bridgehead atoms. The first kappa shape index (κ1) is 9.77. The highest BCUT2D eigenvalue weighted by molar-refractivity contribution is 7.15. The number of fused-ring (bicyclic) bond motifs is 4. The number of hydrogen-bond acceptors (Lipinski definition) is 3. The van der Waals surface area contributed by atoms with Crippen molar-refractivity contribution in [2.24, 2.45) is 5.92 Å². The Morgan fingerprint density at radius 3 is 3.18 bits per heavy atom. The minimum atomic E-state index is 0.755. The summed E-state index contributed by atoms with van der Waals surface area (Å²) in [6.45, 7) is 0. The summed E-state index contributed by atoms with van der Waals surface area (Å²) in [5, 5.41) is 1.16. The van der Waals surface area contributed by atoms with Gasteiger partial charge in [0.2, 0.25) is 0 Å². The van der Waals surface area contributed by atoms with Gasteiger partial charge >= 0.3 is 0 Å². The van der Waals surface area contributed by atoms with Gasteiger partial charge in [0.05, 0.1) is 5.69 Å². The van der Waals surface area contributed by atoms with Gasteiger partial charge in [-0.05, 0) is 43.7 Å². The molecule has 1 saturated carbocycles. The SMILES string of the molecule is c1cncc(-c2nc3c(s2)CC2CCC3C2)c1. The average molecular weight is 242 g/mol.